The molecule has 0 bridgehead atoms. The van der Waals surface area contributed by atoms with Crippen LogP contribution in [0.1, 0.15) is 12.0 Å². The molecule has 1 fully saturated rings. The van der Waals surface area contributed by atoms with Gasteiger partial charge in [0.15, 0.2) is 16.4 Å². The van der Waals surface area contributed by atoms with Gasteiger partial charge >= 0.3 is 0 Å². The molecular formula is C14H20FN2O3S+. The molecule has 1 aliphatic rings. The highest BCUT2D eigenvalue weighted by molar-refractivity contribution is 7.91. The number of nitrogens with one attached hydrogen (secondary N) is 2. The molecule has 2 rings (SSSR count). The number of rotatable bonds is 5. The van der Waals surface area contributed by atoms with E-state index in [0.29, 0.717) is 13.0 Å². The largest absolute Gasteiger partial charge is 0.347 e. The van der Waals surface area contributed by atoms with E-state index in [1.807, 2.05) is 7.05 Å². The summed E-state index contributed by atoms with van der Waals surface area (Å²) in [6, 6.07) is 5.92. The van der Waals surface area contributed by atoms with Crippen molar-refractivity contribution in [2.24, 2.45) is 0 Å². The maximum absolute atomic E-state index is 12.8. The lowest BCUT2D eigenvalue weighted by molar-refractivity contribution is -0.885. The number of hydrogen-bond donors (Lipinski definition) is 2. The molecular weight excluding hydrogens is 295 g/mol. The Morgan fingerprint density at radius 3 is 2.62 bits per heavy atom. The topological polar surface area (TPSA) is 67.7 Å². The SMILES string of the molecule is C[NH+](CC(=O)N[C@@H]1CCS(=O)(=O)C1)Cc1ccc(F)cc1. The summed E-state index contributed by atoms with van der Waals surface area (Å²) in [5.74, 6) is -0.250. The van der Waals surface area contributed by atoms with E-state index < -0.39 is 9.84 Å². The molecule has 1 aromatic carbocycles. The van der Waals surface area contributed by atoms with Crippen LogP contribution in [-0.2, 0) is 21.2 Å². The maximum Gasteiger partial charge on any atom is 0.275 e. The minimum atomic E-state index is -2.98. The lowest BCUT2D eigenvalue weighted by Gasteiger charge is -2.16. The lowest BCUT2D eigenvalue weighted by Crippen LogP contribution is -3.09. The van der Waals surface area contributed by atoms with Crippen molar-refractivity contribution in [3.8, 4) is 0 Å². The van der Waals surface area contributed by atoms with Gasteiger partial charge in [0.25, 0.3) is 5.91 Å². The molecule has 0 saturated carbocycles. The van der Waals surface area contributed by atoms with Gasteiger partial charge in [-0.3, -0.25) is 4.79 Å². The van der Waals surface area contributed by atoms with Crippen molar-refractivity contribution >= 4 is 15.7 Å². The number of carbonyl (C=O) groups excluding carboxylic acids is 1. The Balaban J connectivity index is 1.78. The van der Waals surface area contributed by atoms with Gasteiger partial charge in [-0.25, -0.2) is 12.8 Å². The summed E-state index contributed by atoms with van der Waals surface area (Å²) < 4.78 is 35.5. The quantitative estimate of drug-likeness (QED) is 0.743. The van der Waals surface area contributed by atoms with Crippen LogP contribution in [0, 0.1) is 5.82 Å². The molecule has 5 nitrogen and oxygen atoms in total. The zero-order chi connectivity index (χ0) is 15.5. The van der Waals surface area contributed by atoms with Crippen molar-refractivity contribution in [3.05, 3.63) is 35.6 Å². The highest BCUT2D eigenvalue weighted by Crippen LogP contribution is 2.10. The third-order valence-electron chi connectivity index (χ3n) is 3.48. The van der Waals surface area contributed by atoms with Crippen LogP contribution in [0.25, 0.3) is 0 Å². The third kappa shape index (κ3) is 5.09. The van der Waals surface area contributed by atoms with Gasteiger partial charge in [0.1, 0.15) is 12.4 Å². The Bertz CT molecular complexity index is 601. The Morgan fingerprint density at radius 2 is 2.05 bits per heavy atom. The van der Waals surface area contributed by atoms with E-state index in [2.05, 4.69) is 5.32 Å². The minimum Gasteiger partial charge on any atom is -0.347 e. The summed E-state index contributed by atoms with van der Waals surface area (Å²) in [4.78, 5) is 12.8. The van der Waals surface area contributed by atoms with E-state index in [9.17, 15) is 17.6 Å². The van der Waals surface area contributed by atoms with Gasteiger partial charge in [0.2, 0.25) is 0 Å². The van der Waals surface area contributed by atoms with E-state index in [0.717, 1.165) is 10.5 Å². The molecule has 0 aromatic heterocycles. The lowest BCUT2D eigenvalue weighted by atomic mass is 10.2. The molecule has 2 atom stereocenters. The van der Waals surface area contributed by atoms with Crippen LogP contribution in [0.15, 0.2) is 24.3 Å². The molecule has 116 valence electrons. The smallest absolute Gasteiger partial charge is 0.275 e. The third-order valence-corrected chi connectivity index (χ3v) is 5.25. The van der Waals surface area contributed by atoms with Gasteiger partial charge in [-0.05, 0) is 18.6 Å². The van der Waals surface area contributed by atoms with Crippen LogP contribution < -0.4 is 10.2 Å². The molecule has 0 aliphatic carbocycles. The molecule has 1 saturated heterocycles. The molecule has 0 spiro atoms. The monoisotopic (exact) mass is 315 g/mol. The number of carbonyl (C=O) groups is 1. The minimum absolute atomic E-state index is 0.0375. The first kappa shape index (κ1) is 15.9. The molecule has 1 unspecified atom stereocenters. The number of benzene rings is 1. The van der Waals surface area contributed by atoms with Gasteiger partial charge < -0.3 is 10.2 Å². The molecule has 1 amide bonds. The summed E-state index contributed by atoms with van der Waals surface area (Å²) in [6.45, 7) is 0.866. The summed E-state index contributed by atoms with van der Waals surface area (Å²) in [5, 5.41) is 2.76. The Hall–Kier alpha value is -1.47. The van der Waals surface area contributed by atoms with Crippen LogP contribution in [0.3, 0.4) is 0 Å². The zero-order valence-corrected chi connectivity index (χ0v) is 12.7. The summed E-state index contributed by atoms with van der Waals surface area (Å²) in [5.41, 5.74) is 0.949. The first-order chi connectivity index (χ1) is 9.84. The Kier molecular flexibility index (Phi) is 4.95. The van der Waals surface area contributed by atoms with Crippen molar-refractivity contribution in [1.82, 2.24) is 5.32 Å². The molecule has 1 aliphatic heterocycles. The van der Waals surface area contributed by atoms with Gasteiger partial charge in [-0.15, -0.1) is 0 Å². The highest BCUT2D eigenvalue weighted by atomic mass is 32.2. The summed E-state index contributed by atoms with van der Waals surface area (Å²) >= 11 is 0. The van der Waals surface area contributed by atoms with E-state index in [1.165, 1.54) is 12.1 Å². The van der Waals surface area contributed by atoms with E-state index in [-0.39, 0.29) is 35.8 Å². The fraction of sp³-hybridized carbons (Fsp3) is 0.500. The fourth-order valence-electron chi connectivity index (χ4n) is 2.47. The Labute approximate surface area is 124 Å². The highest BCUT2D eigenvalue weighted by Gasteiger charge is 2.29. The van der Waals surface area contributed by atoms with Gasteiger partial charge in [-0.1, -0.05) is 12.1 Å². The molecule has 0 radical (unpaired) electrons. The number of quaternary nitrogens is 1. The zero-order valence-electron chi connectivity index (χ0n) is 11.9. The normalized spacial score (nSPS) is 21.9. The molecule has 1 heterocycles. The van der Waals surface area contributed by atoms with Gasteiger partial charge in [-0.2, -0.15) is 0 Å². The number of sulfone groups is 1. The van der Waals surface area contributed by atoms with Crippen molar-refractivity contribution in [2.45, 2.75) is 19.0 Å². The van der Waals surface area contributed by atoms with Crippen molar-refractivity contribution in [1.29, 1.82) is 0 Å². The summed E-state index contributed by atoms with van der Waals surface area (Å²) in [6.07, 6.45) is 0.491. The number of halogens is 1. The predicted octanol–water partition coefficient (Wildman–Crippen LogP) is -0.856. The second-order valence-electron chi connectivity index (χ2n) is 5.60. The van der Waals surface area contributed by atoms with E-state index in [1.54, 1.807) is 12.1 Å². The van der Waals surface area contributed by atoms with Gasteiger partial charge in [0, 0.05) is 11.6 Å². The Morgan fingerprint density at radius 1 is 1.38 bits per heavy atom. The van der Waals surface area contributed by atoms with Crippen LogP contribution in [0.5, 0.6) is 0 Å². The van der Waals surface area contributed by atoms with E-state index >= 15 is 0 Å². The fourth-order valence-corrected chi connectivity index (χ4v) is 4.15. The molecule has 21 heavy (non-hydrogen) atoms. The van der Waals surface area contributed by atoms with E-state index in [4.69, 9.17) is 0 Å². The first-order valence-electron chi connectivity index (χ1n) is 6.89. The average Bonchev–Trinajstić information content (AvgIpc) is 2.71. The second kappa shape index (κ2) is 6.53. The molecule has 1 aromatic rings. The first-order valence-corrected chi connectivity index (χ1v) is 8.72. The van der Waals surface area contributed by atoms with Crippen LogP contribution >= 0.6 is 0 Å². The molecule has 7 heteroatoms. The van der Waals surface area contributed by atoms with Crippen molar-refractivity contribution in [2.75, 3.05) is 25.1 Å². The number of likely N-dealkylation sites (N-methyl/N-ethyl adjacent to an activating group) is 1. The standard InChI is InChI=1S/C14H19FN2O3S/c1-17(8-11-2-4-12(15)5-3-11)9-14(18)16-13-6-7-21(19,20)10-13/h2-5,13H,6-10H2,1H3,(H,16,18)/p+1/t13-/m1/s1. The maximum atomic E-state index is 12.8. The van der Waals surface area contributed by atoms with Crippen molar-refractivity contribution < 1.29 is 22.5 Å². The van der Waals surface area contributed by atoms with Crippen LogP contribution in [0.4, 0.5) is 4.39 Å². The van der Waals surface area contributed by atoms with Crippen molar-refractivity contribution in [3.63, 3.8) is 0 Å². The van der Waals surface area contributed by atoms with Crippen LogP contribution in [-0.4, -0.2) is 45.5 Å². The molecule has 2 N–H and O–H groups in total. The van der Waals surface area contributed by atoms with Gasteiger partial charge in [0.05, 0.1) is 18.6 Å². The average molecular weight is 315 g/mol. The number of hydrogen-bond acceptors (Lipinski definition) is 3. The second-order valence-corrected chi connectivity index (χ2v) is 7.83. The predicted molar refractivity (Wildman–Crippen MR) is 77.1 cm³/mol. The number of amides is 1. The van der Waals surface area contributed by atoms with Crippen LogP contribution in [0.2, 0.25) is 0 Å². The summed E-state index contributed by atoms with van der Waals surface area (Å²) in [7, 11) is -1.11.